The zero-order valence-electron chi connectivity index (χ0n) is 16.9. The zero-order valence-corrected chi connectivity index (χ0v) is 16.9. The average molecular weight is 398 g/mol. The molecule has 0 saturated heterocycles. The van der Waals surface area contributed by atoms with Crippen molar-refractivity contribution in [2.45, 2.75) is 27.0 Å². The molecular formula is C21H26N4O4. The first kappa shape index (κ1) is 20.8. The molecule has 0 aliphatic heterocycles. The summed E-state index contributed by atoms with van der Waals surface area (Å²) >= 11 is 0. The molecule has 2 aromatic heterocycles. The maximum Gasteiger partial charge on any atom is 0.238 e. The summed E-state index contributed by atoms with van der Waals surface area (Å²) in [6, 6.07) is 9.56. The Labute approximate surface area is 169 Å². The Hall–Kier alpha value is -2.94. The van der Waals surface area contributed by atoms with E-state index in [1.807, 2.05) is 54.8 Å². The van der Waals surface area contributed by atoms with Gasteiger partial charge in [-0.1, -0.05) is 12.1 Å². The Bertz CT molecular complexity index is 986. The van der Waals surface area contributed by atoms with Crippen molar-refractivity contribution in [2.75, 3.05) is 30.7 Å². The number of benzene rings is 1. The summed E-state index contributed by atoms with van der Waals surface area (Å²) in [4.78, 5) is 21.7. The van der Waals surface area contributed by atoms with Gasteiger partial charge >= 0.3 is 0 Å². The first-order valence-electron chi connectivity index (χ1n) is 9.36. The number of hydrogen-bond donors (Lipinski definition) is 2. The molecule has 1 aromatic carbocycles. The van der Waals surface area contributed by atoms with Gasteiger partial charge in [-0.25, -0.2) is 4.98 Å². The number of carbonyl (C=O) groups is 1. The molecule has 0 radical (unpaired) electrons. The second-order valence-electron chi connectivity index (χ2n) is 6.60. The number of ether oxygens (including phenoxy) is 1. The van der Waals surface area contributed by atoms with Crippen LogP contribution in [-0.4, -0.2) is 41.2 Å². The van der Waals surface area contributed by atoms with E-state index in [4.69, 9.17) is 9.57 Å². The Morgan fingerprint density at radius 3 is 2.79 bits per heavy atom. The molecule has 1 amide bonds. The predicted molar refractivity (Wildman–Crippen MR) is 111 cm³/mol. The van der Waals surface area contributed by atoms with Crippen LogP contribution in [0.1, 0.15) is 22.5 Å². The van der Waals surface area contributed by atoms with Crippen molar-refractivity contribution < 1.29 is 19.5 Å². The fourth-order valence-corrected chi connectivity index (χ4v) is 3.24. The number of nitrogens with one attached hydrogen (secondary N) is 1. The van der Waals surface area contributed by atoms with E-state index in [1.165, 1.54) is 5.06 Å². The van der Waals surface area contributed by atoms with Gasteiger partial charge in [-0.2, -0.15) is 5.06 Å². The molecule has 2 heterocycles. The third-order valence-electron chi connectivity index (χ3n) is 4.79. The molecule has 29 heavy (non-hydrogen) atoms. The fourth-order valence-electron chi connectivity index (χ4n) is 3.24. The van der Waals surface area contributed by atoms with Gasteiger partial charge in [0, 0.05) is 25.4 Å². The molecule has 0 atom stereocenters. The Morgan fingerprint density at radius 2 is 2.07 bits per heavy atom. The number of fused-ring (bicyclic) bond motifs is 1. The summed E-state index contributed by atoms with van der Waals surface area (Å²) in [5, 5.41) is 14.2. The molecule has 8 heteroatoms. The number of hydrogen-bond acceptors (Lipinski definition) is 6. The van der Waals surface area contributed by atoms with E-state index in [0.29, 0.717) is 25.2 Å². The number of anilines is 2. The molecule has 0 aliphatic rings. The van der Waals surface area contributed by atoms with E-state index in [1.54, 1.807) is 7.11 Å². The Kier molecular flexibility index (Phi) is 6.82. The smallest absolute Gasteiger partial charge is 0.238 e. The third-order valence-corrected chi connectivity index (χ3v) is 4.79. The van der Waals surface area contributed by atoms with E-state index in [2.05, 4.69) is 10.3 Å². The summed E-state index contributed by atoms with van der Waals surface area (Å²) in [6.45, 7) is 4.92. The third kappa shape index (κ3) is 4.40. The summed E-state index contributed by atoms with van der Waals surface area (Å²) in [6.07, 6.45) is 2.53. The lowest BCUT2D eigenvalue weighted by Crippen LogP contribution is -2.25. The van der Waals surface area contributed by atoms with Crippen LogP contribution in [0.15, 0.2) is 36.5 Å². The highest BCUT2D eigenvalue weighted by molar-refractivity contribution is 5.76. The SMILES string of the molecule is COCCON(C=O)c1cccc(C)c1CNc1cccn2c(CO)c(C)nc12. The summed E-state index contributed by atoms with van der Waals surface area (Å²) in [5.74, 6) is 0. The van der Waals surface area contributed by atoms with Crippen molar-refractivity contribution in [1.29, 1.82) is 0 Å². The molecule has 0 fully saturated rings. The molecule has 3 rings (SSSR count). The second kappa shape index (κ2) is 9.51. The molecule has 0 bridgehead atoms. The normalized spacial score (nSPS) is 11.0. The highest BCUT2D eigenvalue weighted by Crippen LogP contribution is 2.26. The van der Waals surface area contributed by atoms with Crippen LogP contribution >= 0.6 is 0 Å². The number of nitrogens with zero attached hydrogens (tertiary/aromatic N) is 3. The zero-order chi connectivity index (χ0) is 20.8. The lowest BCUT2D eigenvalue weighted by atomic mass is 10.1. The van der Waals surface area contributed by atoms with Crippen LogP contribution in [0.2, 0.25) is 0 Å². The van der Waals surface area contributed by atoms with Crippen LogP contribution in [0.5, 0.6) is 0 Å². The number of pyridine rings is 1. The number of amides is 1. The van der Waals surface area contributed by atoms with Crippen molar-refractivity contribution in [3.63, 3.8) is 0 Å². The molecule has 3 aromatic rings. The van der Waals surface area contributed by atoms with E-state index in [9.17, 15) is 9.90 Å². The number of imidazole rings is 1. The van der Waals surface area contributed by atoms with Crippen molar-refractivity contribution >= 4 is 23.4 Å². The summed E-state index contributed by atoms with van der Waals surface area (Å²) in [5.41, 5.74) is 5.77. The van der Waals surface area contributed by atoms with Gasteiger partial charge in [0.25, 0.3) is 0 Å². The largest absolute Gasteiger partial charge is 0.390 e. The first-order chi connectivity index (χ1) is 14.1. The Balaban J connectivity index is 1.88. The molecule has 8 nitrogen and oxygen atoms in total. The molecule has 2 N–H and O–H groups in total. The number of hydroxylamine groups is 1. The number of aromatic nitrogens is 2. The quantitative estimate of drug-likeness (QED) is 0.310. The molecule has 0 unspecified atom stereocenters. The minimum atomic E-state index is -0.0779. The van der Waals surface area contributed by atoms with E-state index >= 15 is 0 Å². The van der Waals surface area contributed by atoms with Crippen molar-refractivity contribution in [2.24, 2.45) is 0 Å². The van der Waals surface area contributed by atoms with Gasteiger partial charge in [0.2, 0.25) is 6.41 Å². The number of aryl methyl sites for hydroxylation is 2. The monoisotopic (exact) mass is 398 g/mol. The van der Waals surface area contributed by atoms with Gasteiger partial charge in [-0.05, 0) is 37.6 Å². The average Bonchev–Trinajstić information content (AvgIpc) is 3.06. The lowest BCUT2D eigenvalue weighted by molar-refractivity contribution is -0.114. The van der Waals surface area contributed by atoms with Gasteiger partial charge in [0.15, 0.2) is 5.65 Å². The molecule has 154 valence electrons. The molecule has 0 spiro atoms. The van der Waals surface area contributed by atoms with Crippen LogP contribution in [0.4, 0.5) is 11.4 Å². The maximum absolute atomic E-state index is 11.6. The highest BCUT2D eigenvalue weighted by Gasteiger charge is 2.15. The summed E-state index contributed by atoms with van der Waals surface area (Å²) in [7, 11) is 1.58. The van der Waals surface area contributed by atoms with Gasteiger partial charge in [0.1, 0.15) is 0 Å². The molecule has 0 aliphatic carbocycles. The van der Waals surface area contributed by atoms with Crippen LogP contribution in [0.25, 0.3) is 5.65 Å². The predicted octanol–water partition coefficient (Wildman–Crippen LogP) is 2.60. The number of aliphatic hydroxyl groups is 1. The van der Waals surface area contributed by atoms with Crippen molar-refractivity contribution in [3.05, 3.63) is 59.0 Å². The van der Waals surface area contributed by atoms with E-state index in [-0.39, 0.29) is 13.2 Å². The van der Waals surface area contributed by atoms with Crippen LogP contribution in [0, 0.1) is 13.8 Å². The van der Waals surface area contributed by atoms with Crippen LogP contribution in [0.3, 0.4) is 0 Å². The van der Waals surface area contributed by atoms with E-state index < -0.39 is 0 Å². The lowest BCUT2D eigenvalue weighted by Gasteiger charge is -2.22. The number of carbonyl (C=O) groups excluding carboxylic acids is 1. The molecular weight excluding hydrogens is 372 g/mol. The van der Waals surface area contributed by atoms with Gasteiger partial charge < -0.3 is 15.2 Å². The Morgan fingerprint density at radius 1 is 1.24 bits per heavy atom. The second-order valence-corrected chi connectivity index (χ2v) is 6.60. The van der Waals surface area contributed by atoms with Crippen molar-refractivity contribution in [3.8, 4) is 0 Å². The number of rotatable bonds is 10. The fraction of sp³-hybridized carbons (Fsp3) is 0.333. The standard InChI is InChI=1S/C21H26N4O4/c1-15-6-4-8-19(25(14-27)29-11-10-28-3)17(15)12-22-18-7-5-9-24-20(13-26)16(2)23-21(18)24/h4-9,14,22,26H,10-13H2,1-3H3. The highest BCUT2D eigenvalue weighted by atomic mass is 16.7. The van der Waals surface area contributed by atoms with Gasteiger partial charge in [0.05, 0.1) is 42.6 Å². The minimum Gasteiger partial charge on any atom is -0.390 e. The maximum atomic E-state index is 11.6. The van der Waals surface area contributed by atoms with Crippen molar-refractivity contribution in [1.82, 2.24) is 9.38 Å². The summed E-state index contributed by atoms with van der Waals surface area (Å²) < 4.78 is 6.86. The van der Waals surface area contributed by atoms with Gasteiger partial charge in [-0.3, -0.25) is 14.0 Å². The van der Waals surface area contributed by atoms with Crippen LogP contribution < -0.4 is 10.4 Å². The topological polar surface area (TPSA) is 88.3 Å². The van der Waals surface area contributed by atoms with Gasteiger partial charge in [-0.15, -0.1) is 0 Å². The van der Waals surface area contributed by atoms with E-state index in [0.717, 1.165) is 33.8 Å². The minimum absolute atomic E-state index is 0.0779. The first-order valence-corrected chi connectivity index (χ1v) is 9.36. The molecule has 0 saturated carbocycles. The number of methoxy groups -OCH3 is 1. The van der Waals surface area contributed by atoms with Crippen LogP contribution in [-0.2, 0) is 27.5 Å². The number of aliphatic hydroxyl groups excluding tert-OH is 1.